The number of carbonyl (C=O) groups is 2. The van der Waals surface area contributed by atoms with Crippen molar-refractivity contribution in [3.63, 3.8) is 0 Å². The number of aliphatic hydroxyl groups is 1. The van der Waals surface area contributed by atoms with Crippen LogP contribution in [0, 0.1) is 11.8 Å². The Hall–Kier alpha value is -2.86. The first kappa shape index (κ1) is 22.3. The Labute approximate surface area is 188 Å². The Morgan fingerprint density at radius 2 is 1.84 bits per heavy atom. The molecule has 6 nitrogen and oxygen atoms in total. The third kappa shape index (κ3) is 4.37. The maximum absolute atomic E-state index is 13.0. The summed E-state index contributed by atoms with van der Waals surface area (Å²) in [6.45, 7) is 7.38. The molecule has 1 amide bonds. The molecule has 0 bridgehead atoms. The van der Waals surface area contributed by atoms with Gasteiger partial charge >= 0.3 is 5.97 Å². The number of aliphatic hydroxyl groups excluding tert-OH is 1. The molecule has 0 radical (unpaired) electrons. The Kier molecular flexibility index (Phi) is 5.76. The quantitative estimate of drug-likeness (QED) is 0.732. The zero-order valence-corrected chi connectivity index (χ0v) is 19.0. The van der Waals surface area contributed by atoms with Crippen LogP contribution in [0.5, 0.6) is 0 Å². The SMILES string of the molecule is CC(C)(C)OC(=O)C1C[C@H](O)CC1C1=NC(=O)C(C)(c2ccc(-c3cccnc3)cc2)C1. The molecule has 2 heterocycles. The molecule has 1 fully saturated rings. The van der Waals surface area contributed by atoms with Crippen LogP contribution in [-0.4, -0.2) is 39.4 Å². The van der Waals surface area contributed by atoms with E-state index in [1.807, 2.05) is 64.1 Å². The molecule has 1 aliphatic heterocycles. The van der Waals surface area contributed by atoms with Crippen LogP contribution in [0.2, 0.25) is 0 Å². The summed E-state index contributed by atoms with van der Waals surface area (Å²) in [7, 11) is 0. The highest BCUT2D eigenvalue weighted by Crippen LogP contribution is 2.43. The zero-order valence-electron chi connectivity index (χ0n) is 19.0. The van der Waals surface area contributed by atoms with Crippen molar-refractivity contribution in [2.24, 2.45) is 16.8 Å². The van der Waals surface area contributed by atoms with Crippen molar-refractivity contribution < 1.29 is 19.4 Å². The van der Waals surface area contributed by atoms with E-state index in [1.54, 1.807) is 12.4 Å². The number of benzene rings is 1. The Bertz CT molecular complexity index is 1040. The minimum Gasteiger partial charge on any atom is -0.460 e. The summed E-state index contributed by atoms with van der Waals surface area (Å²) in [6, 6.07) is 11.8. The molecular weight excluding hydrogens is 404 g/mol. The number of ether oxygens (including phenoxy) is 1. The van der Waals surface area contributed by atoms with Crippen molar-refractivity contribution in [2.45, 2.75) is 64.1 Å². The highest BCUT2D eigenvalue weighted by Gasteiger charge is 2.49. The van der Waals surface area contributed by atoms with Crippen molar-refractivity contribution in [2.75, 3.05) is 0 Å². The maximum atomic E-state index is 13.0. The summed E-state index contributed by atoms with van der Waals surface area (Å²) in [6.07, 6.45) is 4.14. The van der Waals surface area contributed by atoms with Crippen LogP contribution in [0.15, 0.2) is 53.8 Å². The second kappa shape index (κ2) is 8.24. The van der Waals surface area contributed by atoms with Crippen molar-refractivity contribution in [1.82, 2.24) is 4.98 Å². The van der Waals surface area contributed by atoms with Crippen LogP contribution in [0.4, 0.5) is 0 Å². The van der Waals surface area contributed by atoms with E-state index >= 15 is 0 Å². The molecule has 2 aliphatic rings. The van der Waals surface area contributed by atoms with Gasteiger partial charge in [0, 0.05) is 30.4 Å². The molecule has 0 spiro atoms. The van der Waals surface area contributed by atoms with E-state index < -0.39 is 23.0 Å². The molecule has 1 aliphatic carbocycles. The molecule has 4 rings (SSSR count). The third-order valence-corrected chi connectivity index (χ3v) is 6.44. The molecule has 32 heavy (non-hydrogen) atoms. The minimum absolute atomic E-state index is 0.203. The summed E-state index contributed by atoms with van der Waals surface area (Å²) >= 11 is 0. The molecule has 4 atom stereocenters. The fourth-order valence-corrected chi connectivity index (χ4v) is 4.75. The number of aromatic nitrogens is 1. The highest BCUT2D eigenvalue weighted by atomic mass is 16.6. The van der Waals surface area contributed by atoms with E-state index in [-0.39, 0.29) is 17.8 Å². The van der Waals surface area contributed by atoms with Crippen molar-refractivity contribution >= 4 is 17.6 Å². The van der Waals surface area contributed by atoms with Crippen molar-refractivity contribution in [3.05, 3.63) is 54.4 Å². The lowest BCUT2D eigenvalue weighted by Gasteiger charge is -2.26. The second-order valence-electron chi connectivity index (χ2n) is 10.1. The summed E-state index contributed by atoms with van der Waals surface area (Å²) in [5.41, 5.74) is 2.24. The smallest absolute Gasteiger partial charge is 0.310 e. The van der Waals surface area contributed by atoms with E-state index in [0.29, 0.717) is 25.0 Å². The standard InChI is InChI=1S/C26H30N2O4/c1-25(2,3)32-23(30)21-13-19(29)12-20(21)22-14-26(4,24(31)28-22)18-9-7-16(8-10-18)17-6-5-11-27-15-17/h5-11,15,19-21,29H,12-14H2,1-4H3/t19-,20?,21?,26?/m1/s1. The number of aliphatic imine (C=N–C) groups is 1. The molecule has 6 heteroatoms. The molecule has 1 saturated carbocycles. The number of nitrogens with zero attached hydrogens (tertiary/aromatic N) is 2. The summed E-state index contributed by atoms with van der Waals surface area (Å²) in [5.74, 6) is -1.29. The van der Waals surface area contributed by atoms with Crippen LogP contribution >= 0.6 is 0 Å². The second-order valence-corrected chi connectivity index (χ2v) is 10.1. The van der Waals surface area contributed by atoms with Gasteiger partial charge in [0.1, 0.15) is 5.60 Å². The first-order chi connectivity index (χ1) is 15.1. The van der Waals surface area contributed by atoms with Crippen LogP contribution in [0.3, 0.4) is 0 Å². The number of amides is 1. The largest absolute Gasteiger partial charge is 0.460 e. The summed E-state index contributed by atoms with van der Waals surface area (Å²) < 4.78 is 5.58. The summed E-state index contributed by atoms with van der Waals surface area (Å²) in [5, 5.41) is 10.3. The maximum Gasteiger partial charge on any atom is 0.310 e. The number of carbonyl (C=O) groups excluding carboxylic acids is 2. The van der Waals surface area contributed by atoms with Gasteiger partial charge in [0.15, 0.2) is 0 Å². The number of hydrogen-bond acceptors (Lipinski definition) is 5. The lowest BCUT2D eigenvalue weighted by Crippen LogP contribution is -2.34. The number of hydrogen-bond donors (Lipinski definition) is 1. The number of rotatable bonds is 4. The van der Waals surface area contributed by atoms with Gasteiger partial charge in [-0.05, 0) is 63.3 Å². The number of esters is 1. The van der Waals surface area contributed by atoms with E-state index in [1.165, 1.54) is 0 Å². The predicted octanol–water partition coefficient (Wildman–Crippen LogP) is 4.11. The molecule has 168 valence electrons. The fraction of sp³-hybridized carbons (Fsp3) is 0.462. The van der Waals surface area contributed by atoms with Gasteiger partial charge in [-0.2, -0.15) is 0 Å². The van der Waals surface area contributed by atoms with Gasteiger partial charge in [-0.1, -0.05) is 30.3 Å². The first-order valence-corrected chi connectivity index (χ1v) is 11.1. The molecular formula is C26H30N2O4. The van der Waals surface area contributed by atoms with Gasteiger partial charge < -0.3 is 9.84 Å². The summed E-state index contributed by atoms with van der Waals surface area (Å²) in [4.78, 5) is 34.4. The first-order valence-electron chi connectivity index (χ1n) is 11.1. The van der Waals surface area contributed by atoms with Crippen LogP contribution in [0.1, 0.15) is 52.5 Å². The zero-order chi connectivity index (χ0) is 23.1. The van der Waals surface area contributed by atoms with Gasteiger partial charge in [0.2, 0.25) is 0 Å². The van der Waals surface area contributed by atoms with E-state index in [2.05, 4.69) is 9.98 Å². The van der Waals surface area contributed by atoms with E-state index in [4.69, 9.17) is 4.74 Å². The average Bonchev–Trinajstić information content (AvgIpc) is 3.28. The molecule has 0 saturated heterocycles. The molecule has 2 aromatic rings. The third-order valence-electron chi connectivity index (χ3n) is 6.44. The molecule has 1 aromatic carbocycles. The van der Waals surface area contributed by atoms with Gasteiger partial charge in [-0.25, -0.2) is 4.99 Å². The molecule has 1 N–H and O–H groups in total. The normalized spacial score (nSPS) is 28.0. The van der Waals surface area contributed by atoms with Gasteiger partial charge in [0.05, 0.1) is 17.4 Å². The lowest BCUT2D eigenvalue weighted by molar-refractivity contribution is -0.160. The lowest BCUT2D eigenvalue weighted by atomic mass is 9.76. The van der Waals surface area contributed by atoms with Crippen LogP contribution in [0.25, 0.3) is 11.1 Å². The monoisotopic (exact) mass is 434 g/mol. The van der Waals surface area contributed by atoms with Crippen molar-refractivity contribution in [1.29, 1.82) is 0 Å². The van der Waals surface area contributed by atoms with Gasteiger partial charge in [0.25, 0.3) is 5.91 Å². The average molecular weight is 435 g/mol. The molecule has 3 unspecified atom stereocenters. The Morgan fingerprint density at radius 1 is 1.12 bits per heavy atom. The van der Waals surface area contributed by atoms with Gasteiger partial charge in [-0.3, -0.25) is 14.6 Å². The van der Waals surface area contributed by atoms with Crippen molar-refractivity contribution in [3.8, 4) is 11.1 Å². The predicted molar refractivity (Wildman–Crippen MR) is 122 cm³/mol. The van der Waals surface area contributed by atoms with Crippen LogP contribution < -0.4 is 0 Å². The van der Waals surface area contributed by atoms with Gasteiger partial charge in [-0.15, -0.1) is 0 Å². The Morgan fingerprint density at radius 3 is 2.47 bits per heavy atom. The van der Waals surface area contributed by atoms with E-state index in [9.17, 15) is 14.7 Å². The highest BCUT2D eigenvalue weighted by molar-refractivity contribution is 6.10. The topological polar surface area (TPSA) is 88.9 Å². The fourth-order valence-electron chi connectivity index (χ4n) is 4.75. The minimum atomic E-state index is -0.783. The number of pyridine rings is 1. The molecule has 1 aromatic heterocycles. The van der Waals surface area contributed by atoms with E-state index in [0.717, 1.165) is 16.7 Å². The van der Waals surface area contributed by atoms with Crippen LogP contribution in [-0.2, 0) is 19.7 Å². The Balaban J connectivity index is 1.54.